The fraction of sp³-hybridized carbons (Fsp3) is 0.700. The molecule has 0 unspecified atom stereocenters. The zero-order valence-electron chi connectivity index (χ0n) is 7.89. The maximum atomic E-state index is 11.0. The van der Waals surface area contributed by atoms with Crippen molar-refractivity contribution in [2.45, 2.75) is 33.1 Å². The van der Waals surface area contributed by atoms with E-state index in [1.165, 1.54) is 19.3 Å². The van der Waals surface area contributed by atoms with Crippen molar-refractivity contribution in [1.82, 2.24) is 5.32 Å². The van der Waals surface area contributed by atoms with Gasteiger partial charge in [0.25, 0.3) is 0 Å². The Morgan fingerprint density at radius 2 is 2.25 bits per heavy atom. The van der Waals surface area contributed by atoms with Gasteiger partial charge in [-0.1, -0.05) is 19.4 Å². The third kappa shape index (κ3) is 2.36. The van der Waals surface area contributed by atoms with E-state index in [9.17, 15) is 4.79 Å². The van der Waals surface area contributed by atoms with Crippen molar-refractivity contribution in [3.8, 4) is 0 Å². The average Bonchev–Trinajstić information content (AvgIpc) is 1.98. The Hall–Kier alpha value is -0.790. The van der Waals surface area contributed by atoms with E-state index in [1.54, 1.807) is 12.2 Å². The zero-order valence-corrected chi connectivity index (χ0v) is 7.89. The smallest absolute Gasteiger partial charge is 0.243 e. The van der Waals surface area contributed by atoms with Crippen molar-refractivity contribution < 1.29 is 4.79 Å². The third-order valence-electron chi connectivity index (χ3n) is 2.57. The Balaban J connectivity index is 2.20. The number of carbonyl (C=O) groups excluding carboxylic acids is 1. The third-order valence-corrected chi connectivity index (χ3v) is 2.57. The number of hydrogen-bond donors (Lipinski definition) is 1. The Morgan fingerprint density at radius 3 is 2.67 bits per heavy atom. The Kier molecular flexibility index (Phi) is 2.90. The van der Waals surface area contributed by atoms with Crippen LogP contribution >= 0.6 is 0 Å². The van der Waals surface area contributed by atoms with Crippen LogP contribution in [0.5, 0.6) is 0 Å². The van der Waals surface area contributed by atoms with Crippen molar-refractivity contribution in [2.24, 2.45) is 5.41 Å². The molecule has 0 aromatic carbocycles. The number of hydrogen-bond acceptors (Lipinski definition) is 1. The van der Waals surface area contributed by atoms with Gasteiger partial charge in [0.1, 0.15) is 0 Å². The van der Waals surface area contributed by atoms with Gasteiger partial charge in [-0.15, -0.1) is 0 Å². The molecule has 0 bridgehead atoms. The number of allylic oxidation sites excluding steroid dienone is 1. The summed E-state index contributed by atoms with van der Waals surface area (Å²) >= 11 is 0. The van der Waals surface area contributed by atoms with E-state index in [4.69, 9.17) is 0 Å². The standard InChI is InChI=1S/C10H17NO/c1-3-5-9(12)11-8-10(2)6-4-7-10/h3,5H,4,6-8H2,1-2H3,(H,11,12)/b5-3+. The van der Waals surface area contributed by atoms with Crippen LogP contribution in [0, 0.1) is 5.41 Å². The summed E-state index contributed by atoms with van der Waals surface area (Å²) in [5, 5.41) is 2.90. The average molecular weight is 167 g/mol. The molecule has 0 spiro atoms. The summed E-state index contributed by atoms with van der Waals surface area (Å²) in [4.78, 5) is 11.0. The minimum absolute atomic E-state index is 0.0330. The maximum absolute atomic E-state index is 11.0. The maximum Gasteiger partial charge on any atom is 0.243 e. The molecule has 0 aromatic heterocycles. The summed E-state index contributed by atoms with van der Waals surface area (Å²) in [5.41, 5.74) is 0.386. The number of rotatable bonds is 3. The molecule has 0 radical (unpaired) electrons. The molecule has 1 rings (SSSR count). The molecule has 1 saturated carbocycles. The SMILES string of the molecule is C/C=C/C(=O)NCC1(C)CCC1. The van der Waals surface area contributed by atoms with E-state index in [0.717, 1.165) is 6.54 Å². The molecule has 1 N–H and O–H groups in total. The highest BCUT2D eigenvalue weighted by molar-refractivity contribution is 5.87. The van der Waals surface area contributed by atoms with Crippen molar-refractivity contribution in [2.75, 3.05) is 6.54 Å². The van der Waals surface area contributed by atoms with Crippen molar-refractivity contribution in [3.05, 3.63) is 12.2 Å². The van der Waals surface area contributed by atoms with Gasteiger partial charge in [-0.2, -0.15) is 0 Å². The van der Waals surface area contributed by atoms with E-state index >= 15 is 0 Å². The molecule has 0 aromatic rings. The number of amides is 1. The highest BCUT2D eigenvalue weighted by atomic mass is 16.1. The van der Waals surface area contributed by atoms with Gasteiger partial charge in [-0.3, -0.25) is 4.79 Å². The molecule has 0 aliphatic heterocycles. The van der Waals surface area contributed by atoms with Crippen LogP contribution in [-0.2, 0) is 4.79 Å². The fourth-order valence-corrected chi connectivity index (χ4v) is 1.47. The zero-order chi connectivity index (χ0) is 9.03. The number of nitrogens with one attached hydrogen (secondary N) is 1. The highest BCUT2D eigenvalue weighted by Gasteiger charge is 2.31. The summed E-state index contributed by atoms with van der Waals surface area (Å²) in [6, 6.07) is 0. The van der Waals surface area contributed by atoms with Crippen LogP contribution in [0.25, 0.3) is 0 Å². The van der Waals surface area contributed by atoms with Gasteiger partial charge < -0.3 is 5.32 Å². The van der Waals surface area contributed by atoms with Crippen LogP contribution in [0.4, 0.5) is 0 Å². The van der Waals surface area contributed by atoms with Gasteiger partial charge in [-0.25, -0.2) is 0 Å². The van der Waals surface area contributed by atoms with Gasteiger partial charge in [0.2, 0.25) is 5.91 Å². The Morgan fingerprint density at radius 1 is 1.58 bits per heavy atom. The predicted octanol–water partition coefficient (Wildman–Crippen LogP) is 1.87. The Bertz CT molecular complexity index is 192. The van der Waals surface area contributed by atoms with E-state index in [2.05, 4.69) is 12.2 Å². The van der Waals surface area contributed by atoms with Crippen molar-refractivity contribution in [1.29, 1.82) is 0 Å². The minimum Gasteiger partial charge on any atom is -0.352 e. The van der Waals surface area contributed by atoms with Crippen molar-refractivity contribution in [3.63, 3.8) is 0 Å². The molecule has 2 heteroatoms. The molecule has 1 aliphatic rings. The van der Waals surface area contributed by atoms with Gasteiger partial charge in [0.15, 0.2) is 0 Å². The van der Waals surface area contributed by atoms with Gasteiger partial charge in [-0.05, 0) is 31.3 Å². The summed E-state index contributed by atoms with van der Waals surface area (Å²) in [6.45, 7) is 4.91. The van der Waals surface area contributed by atoms with Crippen LogP contribution in [0.2, 0.25) is 0 Å². The fourth-order valence-electron chi connectivity index (χ4n) is 1.47. The largest absolute Gasteiger partial charge is 0.352 e. The Labute approximate surface area is 74.0 Å². The van der Waals surface area contributed by atoms with Crippen molar-refractivity contribution >= 4 is 5.91 Å². The monoisotopic (exact) mass is 167 g/mol. The molecule has 12 heavy (non-hydrogen) atoms. The van der Waals surface area contributed by atoms with E-state index in [0.29, 0.717) is 5.41 Å². The second-order valence-corrected chi connectivity index (χ2v) is 3.88. The normalized spacial score (nSPS) is 20.5. The molecule has 0 atom stereocenters. The lowest BCUT2D eigenvalue weighted by Gasteiger charge is -2.38. The van der Waals surface area contributed by atoms with Crippen LogP contribution in [0.1, 0.15) is 33.1 Å². The summed E-state index contributed by atoms with van der Waals surface area (Å²) in [5.74, 6) is 0.0330. The molecular formula is C10H17NO. The lowest BCUT2D eigenvalue weighted by Crippen LogP contribution is -2.39. The molecule has 1 aliphatic carbocycles. The van der Waals surface area contributed by atoms with Crippen LogP contribution in [0.15, 0.2) is 12.2 Å². The van der Waals surface area contributed by atoms with Crippen LogP contribution < -0.4 is 5.32 Å². The summed E-state index contributed by atoms with van der Waals surface area (Å²) in [6.07, 6.45) is 7.16. The second kappa shape index (κ2) is 3.74. The second-order valence-electron chi connectivity index (χ2n) is 3.88. The summed E-state index contributed by atoms with van der Waals surface area (Å²) < 4.78 is 0. The molecule has 1 fully saturated rings. The molecule has 1 amide bonds. The van der Waals surface area contributed by atoms with Crippen LogP contribution in [0.3, 0.4) is 0 Å². The highest BCUT2D eigenvalue weighted by Crippen LogP contribution is 2.39. The molecule has 68 valence electrons. The first kappa shape index (κ1) is 9.30. The van der Waals surface area contributed by atoms with Gasteiger partial charge in [0, 0.05) is 6.54 Å². The van der Waals surface area contributed by atoms with E-state index in [-0.39, 0.29) is 5.91 Å². The first-order valence-corrected chi connectivity index (χ1v) is 4.57. The topological polar surface area (TPSA) is 29.1 Å². The van der Waals surface area contributed by atoms with Gasteiger partial charge in [0.05, 0.1) is 0 Å². The molecular weight excluding hydrogens is 150 g/mol. The lowest BCUT2D eigenvalue weighted by molar-refractivity contribution is -0.117. The first-order chi connectivity index (χ1) is 5.66. The van der Waals surface area contributed by atoms with E-state index in [1.807, 2.05) is 6.92 Å². The molecule has 0 heterocycles. The number of carbonyl (C=O) groups is 1. The first-order valence-electron chi connectivity index (χ1n) is 4.57. The summed E-state index contributed by atoms with van der Waals surface area (Å²) in [7, 11) is 0. The molecule has 0 saturated heterocycles. The van der Waals surface area contributed by atoms with E-state index < -0.39 is 0 Å². The minimum atomic E-state index is 0.0330. The lowest BCUT2D eigenvalue weighted by atomic mass is 9.70. The quantitative estimate of drug-likeness (QED) is 0.639. The van der Waals surface area contributed by atoms with Crippen LogP contribution in [-0.4, -0.2) is 12.5 Å². The molecule has 2 nitrogen and oxygen atoms in total. The predicted molar refractivity (Wildman–Crippen MR) is 49.8 cm³/mol. The van der Waals surface area contributed by atoms with Gasteiger partial charge >= 0.3 is 0 Å².